The second-order valence-electron chi connectivity index (χ2n) is 5.23. The van der Waals surface area contributed by atoms with Crippen LogP contribution in [0.2, 0.25) is 5.02 Å². The summed E-state index contributed by atoms with van der Waals surface area (Å²) >= 11 is 5.81. The lowest BCUT2D eigenvalue weighted by Crippen LogP contribution is -2.19. The van der Waals surface area contributed by atoms with Crippen LogP contribution in [-0.2, 0) is 0 Å². The van der Waals surface area contributed by atoms with Gasteiger partial charge in [0.2, 0.25) is 0 Å². The van der Waals surface area contributed by atoms with Gasteiger partial charge in [-0.1, -0.05) is 37.4 Å². The third-order valence-electron chi connectivity index (χ3n) is 3.59. The molecule has 1 aromatic rings. The lowest BCUT2D eigenvalue weighted by atomic mass is 10.1. The molecule has 0 spiro atoms. The molecule has 0 saturated heterocycles. The van der Waals surface area contributed by atoms with Crippen molar-refractivity contribution in [1.29, 1.82) is 0 Å². The molecule has 0 unspecified atom stereocenters. The summed E-state index contributed by atoms with van der Waals surface area (Å²) in [6.07, 6.45) is 8.88. The van der Waals surface area contributed by atoms with Crippen molar-refractivity contribution in [3.8, 4) is 0 Å². The van der Waals surface area contributed by atoms with E-state index in [1.165, 1.54) is 24.8 Å². The van der Waals surface area contributed by atoms with Crippen LogP contribution in [-0.4, -0.2) is 11.6 Å². The molecule has 1 aromatic carbocycles. The van der Waals surface area contributed by atoms with Crippen molar-refractivity contribution in [2.75, 3.05) is 0 Å². The average molecular weight is 305 g/mol. The van der Waals surface area contributed by atoms with Crippen molar-refractivity contribution >= 4 is 23.2 Å². The summed E-state index contributed by atoms with van der Waals surface area (Å²) in [6, 6.07) is 6.81. The molecule has 3 nitrogen and oxygen atoms in total. The molecule has 0 radical (unpaired) electrons. The Kier molecular flexibility index (Phi) is 6.00. The van der Waals surface area contributed by atoms with E-state index in [2.05, 4.69) is 23.5 Å². The average Bonchev–Trinajstić information content (AvgIpc) is 2.93. The highest BCUT2D eigenvalue weighted by atomic mass is 35.5. The van der Waals surface area contributed by atoms with Gasteiger partial charge in [0.25, 0.3) is 5.91 Å². The Morgan fingerprint density at radius 3 is 2.76 bits per heavy atom. The van der Waals surface area contributed by atoms with Gasteiger partial charge in [0.1, 0.15) is 0 Å². The Labute approximate surface area is 131 Å². The molecule has 1 aliphatic carbocycles. The molecular weight excluding hydrogens is 284 g/mol. The first-order valence-electron chi connectivity index (χ1n) is 7.52. The molecule has 0 fully saturated rings. The third kappa shape index (κ3) is 4.71. The van der Waals surface area contributed by atoms with Crippen LogP contribution in [0.25, 0.3) is 0 Å². The number of hydrogen-bond acceptors (Lipinski definition) is 2. The smallest absolute Gasteiger partial charge is 0.267 e. The molecule has 1 aliphatic rings. The number of benzene rings is 1. The number of hydrazone groups is 1. The van der Waals surface area contributed by atoms with E-state index in [0.29, 0.717) is 10.6 Å². The number of amides is 1. The fraction of sp³-hybridized carbons (Fsp3) is 0.412. The fourth-order valence-corrected chi connectivity index (χ4v) is 2.51. The zero-order chi connectivity index (χ0) is 15.1. The van der Waals surface area contributed by atoms with Crippen LogP contribution in [0.15, 0.2) is 41.0 Å². The maximum Gasteiger partial charge on any atom is 0.271 e. The van der Waals surface area contributed by atoms with E-state index < -0.39 is 0 Å². The predicted octanol–water partition coefficient (Wildman–Crippen LogP) is 4.73. The Hall–Kier alpha value is -1.61. The largest absolute Gasteiger partial charge is 0.271 e. The van der Waals surface area contributed by atoms with Crippen LogP contribution in [0.3, 0.4) is 0 Å². The molecule has 0 saturated carbocycles. The van der Waals surface area contributed by atoms with E-state index in [0.717, 1.165) is 25.0 Å². The van der Waals surface area contributed by atoms with E-state index in [4.69, 9.17) is 11.6 Å². The number of unbranched alkanes of at least 4 members (excludes halogenated alkanes) is 2. The minimum absolute atomic E-state index is 0.195. The third-order valence-corrected chi connectivity index (χ3v) is 3.84. The van der Waals surface area contributed by atoms with Gasteiger partial charge in [-0.2, -0.15) is 5.10 Å². The Morgan fingerprint density at radius 1 is 1.29 bits per heavy atom. The number of carbonyl (C=O) groups is 1. The van der Waals surface area contributed by atoms with Gasteiger partial charge < -0.3 is 0 Å². The van der Waals surface area contributed by atoms with Gasteiger partial charge in [0.15, 0.2) is 0 Å². The normalized spacial score (nSPS) is 16.1. The second-order valence-corrected chi connectivity index (χ2v) is 5.67. The molecular formula is C17H21ClN2O. The highest BCUT2D eigenvalue weighted by Gasteiger charge is 2.13. The topological polar surface area (TPSA) is 41.5 Å². The van der Waals surface area contributed by atoms with E-state index in [1.54, 1.807) is 24.3 Å². The van der Waals surface area contributed by atoms with Crippen LogP contribution in [0.4, 0.5) is 0 Å². The van der Waals surface area contributed by atoms with Crippen LogP contribution in [0, 0.1) is 0 Å². The molecule has 4 heteroatoms. The lowest BCUT2D eigenvalue weighted by molar-refractivity contribution is 0.0955. The molecule has 21 heavy (non-hydrogen) atoms. The van der Waals surface area contributed by atoms with Crippen molar-refractivity contribution in [3.05, 3.63) is 46.5 Å². The number of nitrogens with zero attached hydrogens (tertiary/aromatic N) is 1. The first kappa shape index (κ1) is 15.8. The Morgan fingerprint density at radius 2 is 2.05 bits per heavy atom. The summed E-state index contributed by atoms with van der Waals surface area (Å²) in [6.45, 7) is 2.20. The van der Waals surface area contributed by atoms with Gasteiger partial charge in [-0.05, 0) is 55.5 Å². The lowest BCUT2D eigenvalue weighted by Gasteiger charge is -2.06. The Balaban J connectivity index is 1.92. The van der Waals surface area contributed by atoms with Gasteiger partial charge in [0.05, 0.1) is 5.71 Å². The van der Waals surface area contributed by atoms with Gasteiger partial charge in [-0.25, -0.2) is 5.43 Å². The second kappa shape index (κ2) is 7.99. The van der Waals surface area contributed by atoms with Crippen LogP contribution >= 0.6 is 11.6 Å². The van der Waals surface area contributed by atoms with E-state index in [-0.39, 0.29) is 5.91 Å². The molecule has 0 aliphatic heterocycles. The van der Waals surface area contributed by atoms with Gasteiger partial charge in [-0.15, -0.1) is 0 Å². The molecule has 1 amide bonds. The monoisotopic (exact) mass is 304 g/mol. The first-order valence-corrected chi connectivity index (χ1v) is 7.90. The quantitative estimate of drug-likeness (QED) is 0.599. The number of nitrogens with one attached hydrogen (secondary N) is 1. The minimum atomic E-state index is -0.195. The molecule has 0 bridgehead atoms. The zero-order valence-corrected chi connectivity index (χ0v) is 13.1. The standard InChI is InChI=1S/C17H21ClN2O/c1-2-3-4-6-13-7-5-8-16(13)19-20-17(21)14-9-11-15(18)12-10-14/h7,9-12H,2-6,8H2,1H3,(H,20,21)/b19-16+. The van der Waals surface area contributed by atoms with Crippen molar-refractivity contribution in [2.24, 2.45) is 5.10 Å². The van der Waals surface area contributed by atoms with Crippen molar-refractivity contribution < 1.29 is 4.79 Å². The highest BCUT2D eigenvalue weighted by Crippen LogP contribution is 2.21. The first-order chi connectivity index (χ1) is 10.2. The number of carbonyl (C=O) groups excluding carboxylic acids is 1. The predicted molar refractivity (Wildman–Crippen MR) is 87.8 cm³/mol. The summed E-state index contributed by atoms with van der Waals surface area (Å²) in [7, 11) is 0. The molecule has 0 atom stereocenters. The molecule has 0 aromatic heterocycles. The maximum absolute atomic E-state index is 12.0. The number of hydrogen-bond donors (Lipinski definition) is 1. The summed E-state index contributed by atoms with van der Waals surface area (Å²) in [5.74, 6) is -0.195. The summed E-state index contributed by atoms with van der Waals surface area (Å²) in [5.41, 5.74) is 5.53. The van der Waals surface area contributed by atoms with Crippen molar-refractivity contribution in [2.45, 2.75) is 45.4 Å². The number of halogens is 1. The zero-order valence-electron chi connectivity index (χ0n) is 12.4. The molecule has 1 N–H and O–H groups in total. The van der Waals surface area contributed by atoms with E-state index in [9.17, 15) is 4.79 Å². The van der Waals surface area contributed by atoms with E-state index >= 15 is 0 Å². The van der Waals surface area contributed by atoms with Crippen LogP contribution < -0.4 is 5.43 Å². The van der Waals surface area contributed by atoms with E-state index in [1.807, 2.05) is 0 Å². The van der Waals surface area contributed by atoms with Gasteiger partial charge in [-0.3, -0.25) is 4.79 Å². The molecule has 0 heterocycles. The molecule has 2 rings (SSSR count). The Bertz CT molecular complexity index is 546. The summed E-state index contributed by atoms with van der Waals surface area (Å²) < 4.78 is 0. The molecule has 112 valence electrons. The number of allylic oxidation sites excluding steroid dienone is 2. The van der Waals surface area contributed by atoms with Crippen molar-refractivity contribution in [1.82, 2.24) is 5.43 Å². The minimum Gasteiger partial charge on any atom is -0.267 e. The SMILES string of the molecule is CCCCCC1=CCC/C1=N\NC(=O)c1ccc(Cl)cc1. The highest BCUT2D eigenvalue weighted by molar-refractivity contribution is 6.30. The fourth-order valence-electron chi connectivity index (χ4n) is 2.39. The van der Waals surface area contributed by atoms with Gasteiger partial charge >= 0.3 is 0 Å². The van der Waals surface area contributed by atoms with Crippen molar-refractivity contribution in [3.63, 3.8) is 0 Å². The van der Waals surface area contributed by atoms with Gasteiger partial charge in [0, 0.05) is 10.6 Å². The maximum atomic E-state index is 12.0. The summed E-state index contributed by atoms with van der Waals surface area (Å²) in [4.78, 5) is 12.0. The van der Waals surface area contributed by atoms with Crippen LogP contribution in [0.1, 0.15) is 55.8 Å². The van der Waals surface area contributed by atoms with Crippen LogP contribution in [0.5, 0.6) is 0 Å². The summed E-state index contributed by atoms with van der Waals surface area (Å²) in [5, 5.41) is 4.92. The number of rotatable bonds is 6.